The van der Waals surface area contributed by atoms with Crippen LogP contribution in [0.15, 0.2) is 0 Å². The fourth-order valence-electron chi connectivity index (χ4n) is 1.90. The Bertz CT molecular complexity index is 266. The summed E-state index contributed by atoms with van der Waals surface area (Å²) in [5.41, 5.74) is 0. The van der Waals surface area contributed by atoms with E-state index in [9.17, 15) is 9.59 Å². The van der Waals surface area contributed by atoms with Crippen molar-refractivity contribution in [1.29, 1.82) is 0 Å². The maximum atomic E-state index is 11.1. The fraction of sp³-hybridized carbons (Fsp3) is 0.818. The number of likely N-dealkylation sites (tertiary alicyclic amines) is 1. The zero-order valence-corrected chi connectivity index (χ0v) is 10.2. The van der Waals surface area contributed by atoms with Crippen LogP contribution in [0.4, 0.5) is 0 Å². The van der Waals surface area contributed by atoms with Crippen molar-refractivity contribution in [2.24, 2.45) is 5.92 Å². The molecule has 1 atom stereocenters. The number of ether oxygens (including phenoxy) is 1. The number of esters is 1. The third kappa shape index (κ3) is 3.48. The van der Waals surface area contributed by atoms with E-state index in [1.165, 1.54) is 7.11 Å². The first kappa shape index (κ1) is 13.0. The molecule has 1 amide bonds. The topological polar surface area (TPSA) is 58.6 Å². The van der Waals surface area contributed by atoms with E-state index in [-0.39, 0.29) is 0 Å². The van der Waals surface area contributed by atoms with E-state index in [1.807, 2.05) is 0 Å². The molecule has 5 heteroatoms. The number of nitrogens with one attached hydrogen (secondary N) is 1. The molecule has 0 bridgehead atoms. The summed E-state index contributed by atoms with van der Waals surface area (Å²) >= 11 is 0. The highest BCUT2D eigenvalue weighted by molar-refractivity contribution is 6.32. The molecule has 0 aromatic heterocycles. The Kier molecular flexibility index (Phi) is 4.73. The maximum absolute atomic E-state index is 11.1. The van der Waals surface area contributed by atoms with E-state index in [2.05, 4.69) is 28.8 Å². The Morgan fingerprint density at radius 3 is 2.69 bits per heavy atom. The molecule has 16 heavy (non-hydrogen) atoms. The van der Waals surface area contributed by atoms with Gasteiger partial charge in [-0.05, 0) is 32.7 Å². The van der Waals surface area contributed by atoms with Crippen molar-refractivity contribution >= 4 is 11.9 Å². The third-order valence-electron chi connectivity index (χ3n) is 2.97. The van der Waals surface area contributed by atoms with Gasteiger partial charge in [-0.25, -0.2) is 4.79 Å². The molecular formula is C11H20N2O3. The van der Waals surface area contributed by atoms with Crippen molar-refractivity contribution in [3.63, 3.8) is 0 Å². The highest BCUT2D eigenvalue weighted by Gasteiger charge is 2.25. The van der Waals surface area contributed by atoms with E-state index in [0.29, 0.717) is 18.5 Å². The predicted molar refractivity (Wildman–Crippen MR) is 59.8 cm³/mol. The smallest absolute Gasteiger partial charge is 0.396 e. The van der Waals surface area contributed by atoms with Gasteiger partial charge < -0.3 is 15.0 Å². The summed E-state index contributed by atoms with van der Waals surface area (Å²) in [7, 11) is 1.21. The van der Waals surface area contributed by atoms with Crippen molar-refractivity contribution in [3.8, 4) is 0 Å². The molecule has 0 saturated carbocycles. The molecular weight excluding hydrogens is 208 g/mol. The fourth-order valence-corrected chi connectivity index (χ4v) is 1.90. The molecule has 1 rings (SSSR count). The Labute approximate surface area is 96.1 Å². The summed E-state index contributed by atoms with van der Waals surface area (Å²) in [6, 6.07) is 0.543. The maximum Gasteiger partial charge on any atom is 0.396 e. The number of amides is 1. The molecule has 1 aliphatic rings. The van der Waals surface area contributed by atoms with Gasteiger partial charge in [-0.3, -0.25) is 4.79 Å². The first-order chi connectivity index (χ1) is 7.54. The number of hydrogen-bond acceptors (Lipinski definition) is 4. The summed E-state index contributed by atoms with van der Waals surface area (Å²) in [6.45, 7) is 6.93. The molecule has 1 saturated heterocycles. The van der Waals surface area contributed by atoms with Gasteiger partial charge >= 0.3 is 11.9 Å². The Morgan fingerprint density at radius 1 is 1.50 bits per heavy atom. The van der Waals surface area contributed by atoms with Gasteiger partial charge in [-0.15, -0.1) is 0 Å². The summed E-state index contributed by atoms with van der Waals surface area (Å²) < 4.78 is 4.33. The van der Waals surface area contributed by atoms with E-state index < -0.39 is 11.9 Å². The third-order valence-corrected chi connectivity index (χ3v) is 2.97. The normalized spacial score (nSPS) is 21.1. The van der Waals surface area contributed by atoms with E-state index >= 15 is 0 Å². The number of nitrogens with zero attached hydrogens (tertiary/aromatic N) is 1. The second-order valence-electron chi connectivity index (χ2n) is 4.44. The Balaban J connectivity index is 2.25. The van der Waals surface area contributed by atoms with Crippen LogP contribution in [0.3, 0.4) is 0 Å². The molecule has 0 radical (unpaired) electrons. The highest BCUT2D eigenvalue weighted by atomic mass is 16.5. The predicted octanol–water partition coefficient (Wildman–Crippen LogP) is 0.00590. The van der Waals surface area contributed by atoms with Crippen molar-refractivity contribution in [2.45, 2.75) is 26.3 Å². The minimum absolute atomic E-state index is 0.441. The van der Waals surface area contributed by atoms with Crippen molar-refractivity contribution in [1.82, 2.24) is 10.2 Å². The van der Waals surface area contributed by atoms with Gasteiger partial charge in [0.15, 0.2) is 0 Å². The summed E-state index contributed by atoms with van der Waals surface area (Å²) in [6.07, 6.45) is 1.07. The van der Waals surface area contributed by atoms with Gasteiger partial charge in [0.05, 0.1) is 7.11 Å². The largest absolute Gasteiger partial charge is 0.462 e. The molecule has 1 N–H and O–H groups in total. The molecule has 1 aliphatic heterocycles. The molecule has 0 aromatic rings. The average molecular weight is 228 g/mol. The van der Waals surface area contributed by atoms with Crippen LogP contribution in [0.2, 0.25) is 0 Å². The SMILES string of the molecule is COC(=O)C(=O)NCC1CCN(C(C)C)C1. The molecule has 1 unspecified atom stereocenters. The molecule has 5 nitrogen and oxygen atoms in total. The van der Waals surface area contributed by atoms with Crippen molar-refractivity contribution in [3.05, 3.63) is 0 Å². The first-order valence-corrected chi connectivity index (χ1v) is 5.64. The second-order valence-corrected chi connectivity index (χ2v) is 4.44. The molecule has 0 aliphatic carbocycles. The van der Waals surface area contributed by atoms with Crippen molar-refractivity contribution in [2.75, 3.05) is 26.7 Å². The Morgan fingerprint density at radius 2 is 2.19 bits per heavy atom. The van der Waals surface area contributed by atoms with E-state index in [0.717, 1.165) is 19.5 Å². The average Bonchev–Trinajstić information content (AvgIpc) is 2.73. The molecule has 1 heterocycles. The standard InChI is InChI=1S/C11H20N2O3/c1-8(2)13-5-4-9(7-13)6-12-10(14)11(15)16-3/h8-9H,4-7H2,1-3H3,(H,12,14). The monoisotopic (exact) mass is 228 g/mol. The van der Waals surface area contributed by atoms with E-state index in [4.69, 9.17) is 0 Å². The van der Waals surface area contributed by atoms with Crippen LogP contribution in [-0.4, -0.2) is 49.6 Å². The number of methoxy groups -OCH3 is 1. The van der Waals surface area contributed by atoms with Crippen LogP contribution in [0.1, 0.15) is 20.3 Å². The van der Waals surface area contributed by atoms with Crippen LogP contribution >= 0.6 is 0 Å². The van der Waals surface area contributed by atoms with E-state index in [1.54, 1.807) is 0 Å². The summed E-state index contributed by atoms with van der Waals surface area (Å²) in [4.78, 5) is 24.4. The number of carbonyl (C=O) groups is 2. The number of rotatable bonds is 3. The zero-order valence-electron chi connectivity index (χ0n) is 10.2. The zero-order chi connectivity index (χ0) is 12.1. The molecule has 92 valence electrons. The van der Waals surface area contributed by atoms with Crippen LogP contribution in [0.5, 0.6) is 0 Å². The Hall–Kier alpha value is -1.10. The lowest BCUT2D eigenvalue weighted by Gasteiger charge is -2.20. The lowest BCUT2D eigenvalue weighted by atomic mass is 10.1. The van der Waals surface area contributed by atoms with Gasteiger partial charge in [0.1, 0.15) is 0 Å². The quantitative estimate of drug-likeness (QED) is 0.546. The highest BCUT2D eigenvalue weighted by Crippen LogP contribution is 2.17. The van der Waals surface area contributed by atoms with Crippen LogP contribution in [0.25, 0.3) is 0 Å². The lowest BCUT2D eigenvalue weighted by molar-refractivity contribution is -0.152. The van der Waals surface area contributed by atoms with Gasteiger partial charge in [-0.1, -0.05) is 0 Å². The molecule has 0 aromatic carbocycles. The molecule has 1 fully saturated rings. The minimum Gasteiger partial charge on any atom is -0.462 e. The van der Waals surface area contributed by atoms with Gasteiger partial charge in [-0.2, -0.15) is 0 Å². The van der Waals surface area contributed by atoms with Gasteiger partial charge in [0.25, 0.3) is 0 Å². The molecule has 0 spiro atoms. The van der Waals surface area contributed by atoms with Crippen LogP contribution in [0, 0.1) is 5.92 Å². The number of carbonyl (C=O) groups excluding carboxylic acids is 2. The van der Waals surface area contributed by atoms with Crippen molar-refractivity contribution < 1.29 is 14.3 Å². The second kappa shape index (κ2) is 5.84. The summed E-state index contributed by atoms with van der Waals surface area (Å²) in [5, 5.41) is 2.59. The number of hydrogen-bond donors (Lipinski definition) is 1. The lowest BCUT2D eigenvalue weighted by Crippen LogP contribution is -2.36. The van der Waals surface area contributed by atoms with Crippen LogP contribution in [-0.2, 0) is 14.3 Å². The van der Waals surface area contributed by atoms with Gasteiger partial charge in [0.2, 0.25) is 0 Å². The summed E-state index contributed by atoms with van der Waals surface area (Å²) in [5.74, 6) is -1.03. The van der Waals surface area contributed by atoms with Gasteiger partial charge in [0, 0.05) is 19.1 Å². The first-order valence-electron chi connectivity index (χ1n) is 5.64. The minimum atomic E-state index is -0.821. The van der Waals surface area contributed by atoms with Crippen LogP contribution < -0.4 is 5.32 Å².